The van der Waals surface area contributed by atoms with Crippen LogP contribution in [0.4, 0.5) is 0 Å². The van der Waals surface area contributed by atoms with Gasteiger partial charge in [-0.3, -0.25) is 0 Å². The van der Waals surface area contributed by atoms with E-state index in [1.165, 1.54) is 0 Å². The Kier molecular flexibility index (Phi) is 5.19. The lowest BCUT2D eigenvalue weighted by Crippen LogP contribution is -1.94. The Hall–Kier alpha value is -1.10. The quantitative estimate of drug-likeness (QED) is 0.832. The zero-order valence-corrected chi connectivity index (χ0v) is 11.8. The van der Waals surface area contributed by atoms with Crippen molar-refractivity contribution in [3.05, 3.63) is 45.5 Å². The second-order valence-electron chi connectivity index (χ2n) is 4.16. The van der Waals surface area contributed by atoms with Crippen LogP contribution in [-0.4, -0.2) is 21.9 Å². The third-order valence-electron chi connectivity index (χ3n) is 2.71. The van der Waals surface area contributed by atoms with Crippen LogP contribution in [0, 0.1) is 0 Å². The minimum Gasteiger partial charge on any atom is -0.396 e. The van der Waals surface area contributed by atoms with Crippen molar-refractivity contribution in [3.8, 4) is 0 Å². The van der Waals surface area contributed by atoms with Crippen molar-refractivity contribution < 1.29 is 9.63 Å². The summed E-state index contributed by atoms with van der Waals surface area (Å²) in [7, 11) is 0. The van der Waals surface area contributed by atoms with E-state index in [2.05, 4.69) is 10.1 Å². The predicted molar refractivity (Wildman–Crippen MR) is 73.6 cm³/mol. The molecule has 0 saturated carbocycles. The number of aliphatic hydroxyl groups excluding tert-OH is 1. The molecule has 0 aliphatic carbocycles. The molecule has 19 heavy (non-hydrogen) atoms. The van der Waals surface area contributed by atoms with E-state index in [4.69, 9.17) is 32.8 Å². The highest BCUT2D eigenvalue weighted by atomic mass is 35.5. The molecule has 0 aliphatic heterocycles. The van der Waals surface area contributed by atoms with Crippen LogP contribution in [0.5, 0.6) is 0 Å². The van der Waals surface area contributed by atoms with Gasteiger partial charge in [0.25, 0.3) is 0 Å². The minimum atomic E-state index is 0.177. The highest BCUT2D eigenvalue weighted by Gasteiger charge is 2.11. The number of aliphatic hydroxyl groups is 1. The second-order valence-corrected chi connectivity index (χ2v) is 4.98. The van der Waals surface area contributed by atoms with Crippen LogP contribution in [0.2, 0.25) is 10.0 Å². The molecule has 0 spiro atoms. The molecule has 1 aromatic heterocycles. The van der Waals surface area contributed by atoms with Crippen molar-refractivity contribution in [2.75, 3.05) is 6.61 Å². The van der Waals surface area contributed by atoms with Gasteiger partial charge >= 0.3 is 0 Å². The highest BCUT2D eigenvalue weighted by molar-refractivity contribution is 6.36. The number of nitrogens with zero attached hydrogens (tertiary/aromatic N) is 2. The first-order valence-corrected chi connectivity index (χ1v) is 6.81. The molecule has 102 valence electrons. The topological polar surface area (TPSA) is 59.2 Å². The number of aromatic nitrogens is 2. The fraction of sp³-hybridized carbons (Fsp3) is 0.385. The minimum absolute atomic E-state index is 0.177. The summed E-state index contributed by atoms with van der Waals surface area (Å²) >= 11 is 12.2. The van der Waals surface area contributed by atoms with Gasteiger partial charge in [-0.25, -0.2) is 0 Å². The molecule has 1 N–H and O–H groups in total. The van der Waals surface area contributed by atoms with E-state index in [1.54, 1.807) is 18.2 Å². The molecule has 1 heterocycles. The van der Waals surface area contributed by atoms with Crippen LogP contribution in [0.15, 0.2) is 22.7 Å². The van der Waals surface area contributed by atoms with Gasteiger partial charge in [0, 0.05) is 29.5 Å². The van der Waals surface area contributed by atoms with E-state index >= 15 is 0 Å². The zero-order chi connectivity index (χ0) is 13.7. The average molecular weight is 301 g/mol. The van der Waals surface area contributed by atoms with Crippen LogP contribution >= 0.6 is 23.2 Å². The summed E-state index contributed by atoms with van der Waals surface area (Å²) in [5.41, 5.74) is 0.800. The molecule has 0 bridgehead atoms. The van der Waals surface area contributed by atoms with Crippen molar-refractivity contribution in [2.45, 2.75) is 25.7 Å². The highest BCUT2D eigenvalue weighted by Crippen LogP contribution is 2.26. The summed E-state index contributed by atoms with van der Waals surface area (Å²) in [5.74, 6) is 1.14. The maximum absolute atomic E-state index is 8.71. The van der Waals surface area contributed by atoms with E-state index in [9.17, 15) is 0 Å². The standard InChI is InChI=1S/C13H14Cl2N2O2/c14-10-4-3-5-11(15)9(10)8-12-16-13(19-17-12)6-1-2-7-18/h3-5,18H,1-2,6-8H2. The molecule has 6 heteroatoms. The Labute approximate surface area is 121 Å². The molecule has 0 saturated heterocycles. The Morgan fingerprint density at radius 3 is 2.58 bits per heavy atom. The van der Waals surface area contributed by atoms with Gasteiger partial charge in [-0.05, 0) is 30.5 Å². The maximum atomic E-state index is 8.71. The Bertz CT molecular complexity index is 523. The SMILES string of the molecule is OCCCCc1nc(Cc2c(Cl)cccc2Cl)no1. The lowest BCUT2D eigenvalue weighted by molar-refractivity contribution is 0.280. The monoisotopic (exact) mass is 300 g/mol. The summed E-state index contributed by atoms with van der Waals surface area (Å²) in [4.78, 5) is 4.28. The van der Waals surface area contributed by atoms with Gasteiger partial charge in [-0.2, -0.15) is 4.98 Å². The molecule has 0 fully saturated rings. The van der Waals surface area contributed by atoms with Crippen LogP contribution in [0.3, 0.4) is 0 Å². The third kappa shape index (κ3) is 3.93. The van der Waals surface area contributed by atoms with Crippen molar-refractivity contribution in [1.82, 2.24) is 10.1 Å². The van der Waals surface area contributed by atoms with Crippen molar-refractivity contribution in [3.63, 3.8) is 0 Å². The number of aryl methyl sites for hydroxylation is 1. The van der Waals surface area contributed by atoms with E-state index in [0.29, 0.717) is 34.6 Å². The van der Waals surface area contributed by atoms with Crippen LogP contribution in [0.25, 0.3) is 0 Å². The van der Waals surface area contributed by atoms with Crippen LogP contribution in [-0.2, 0) is 12.8 Å². The van der Waals surface area contributed by atoms with Crippen molar-refractivity contribution in [1.29, 1.82) is 0 Å². The van der Waals surface area contributed by atoms with E-state index in [-0.39, 0.29) is 6.61 Å². The first-order chi connectivity index (χ1) is 9.20. The predicted octanol–water partition coefficient (Wildman–Crippen LogP) is 3.28. The normalized spacial score (nSPS) is 10.9. The lowest BCUT2D eigenvalue weighted by Gasteiger charge is -2.02. The van der Waals surface area contributed by atoms with Gasteiger partial charge in [-0.1, -0.05) is 34.4 Å². The van der Waals surface area contributed by atoms with Crippen LogP contribution in [0.1, 0.15) is 30.1 Å². The molecular weight excluding hydrogens is 287 g/mol. The van der Waals surface area contributed by atoms with Gasteiger partial charge in [0.2, 0.25) is 5.89 Å². The van der Waals surface area contributed by atoms with Gasteiger partial charge in [0.15, 0.2) is 5.82 Å². The molecule has 0 aliphatic rings. The van der Waals surface area contributed by atoms with Crippen LogP contribution < -0.4 is 0 Å². The number of rotatable bonds is 6. The van der Waals surface area contributed by atoms with Gasteiger partial charge in [0.05, 0.1) is 0 Å². The van der Waals surface area contributed by atoms with E-state index < -0.39 is 0 Å². The third-order valence-corrected chi connectivity index (χ3v) is 3.41. The van der Waals surface area contributed by atoms with Crippen molar-refractivity contribution in [2.24, 2.45) is 0 Å². The Balaban J connectivity index is 2.03. The summed E-state index contributed by atoms with van der Waals surface area (Å²) in [6.07, 6.45) is 2.67. The largest absolute Gasteiger partial charge is 0.396 e. The summed E-state index contributed by atoms with van der Waals surface area (Å²) in [5, 5.41) is 13.8. The fourth-order valence-corrected chi connectivity index (χ4v) is 2.24. The first-order valence-electron chi connectivity index (χ1n) is 6.06. The molecule has 2 aromatic rings. The van der Waals surface area contributed by atoms with E-state index in [1.807, 2.05) is 0 Å². The molecule has 4 nitrogen and oxygen atoms in total. The van der Waals surface area contributed by atoms with Gasteiger partial charge in [-0.15, -0.1) is 0 Å². The van der Waals surface area contributed by atoms with E-state index in [0.717, 1.165) is 18.4 Å². The molecule has 0 amide bonds. The van der Waals surface area contributed by atoms with Gasteiger partial charge in [0.1, 0.15) is 0 Å². The molecule has 0 atom stereocenters. The summed E-state index contributed by atoms with van der Waals surface area (Å²) < 4.78 is 5.13. The Morgan fingerprint density at radius 1 is 1.16 bits per heavy atom. The zero-order valence-electron chi connectivity index (χ0n) is 10.3. The first kappa shape index (κ1) is 14.3. The molecular formula is C13H14Cl2N2O2. The molecule has 1 aromatic carbocycles. The second kappa shape index (κ2) is 6.89. The number of halogens is 2. The molecule has 0 unspecified atom stereocenters. The Morgan fingerprint density at radius 2 is 1.89 bits per heavy atom. The maximum Gasteiger partial charge on any atom is 0.226 e. The molecule has 0 radical (unpaired) electrons. The van der Waals surface area contributed by atoms with Gasteiger partial charge < -0.3 is 9.63 Å². The number of hydrogen-bond acceptors (Lipinski definition) is 4. The summed E-state index contributed by atoms with van der Waals surface area (Å²) in [6, 6.07) is 5.36. The van der Waals surface area contributed by atoms with Crippen molar-refractivity contribution >= 4 is 23.2 Å². The summed E-state index contributed by atoms with van der Waals surface area (Å²) in [6.45, 7) is 0.177. The number of hydrogen-bond donors (Lipinski definition) is 1. The fourth-order valence-electron chi connectivity index (χ4n) is 1.71. The number of unbranched alkanes of at least 4 members (excludes halogenated alkanes) is 1. The smallest absolute Gasteiger partial charge is 0.226 e. The number of benzene rings is 1. The average Bonchev–Trinajstić information content (AvgIpc) is 2.82. The lowest BCUT2D eigenvalue weighted by atomic mass is 10.1. The molecule has 2 rings (SSSR count).